The van der Waals surface area contributed by atoms with Crippen molar-refractivity contribution >= 4 is 6.21 Å². The van der Waals surface area contributed by atoms with Gasteiger partial charge in [0.2, 0.25) is 0 Å². The summed E-state index contributed by atoms with van der Waals surface area (Å²) in [6, 6.07) is 0. The minimum Gasteiger partial charge on any atom is -0.269 e. The zero-order chi connectivity index (χ0) is 12.1. The third kappa shape index (κ3) is 13.2. The highest BCUT2D eigenvalue weighted by atomic mass is 14.7. The molecule has 0 spiro atoms. The molecule has 0 bridgehead atoms. The van der Waals surface area contributed by atoms with Gasteiger partial charge in [-0.3, -0.25) is 4.99 Å². The van der Waals surface area contributed by atoms with E-state index in [4.69, 9.17) is 0 Å². The summed E-state index contributed by atoms with van der Waals surface area (Å²) in [6.07, 6.45) is 11.3. The maximum Gasteiger partial charge on any atom is 0.0226 e. The van der Waals surface area contributed by atoms with E-state index in [1.54, 1.807) is 0 Å². The van der Waals surface area contributed by atoms with Gasteiger partial charge in [-0.1, -0.05) is 52.8 Å². The van der Waals surface area contributed by atoms with Crippen LogP contribution in [0.1, 0.15) is 48.0 Å². The van der Waals surface area contributed by atoms with Crippen LogP contribution >= 0.6 is 0 Å². The zero-order valence-corrected chi connectivity index (χ0v) is 11.2. The third-order valence-electron chi connectivity index (χ3n) is 1.75. The lowest BCUT2D eigenvalue weighted by molar-refractivity contribution is 0.822. The molecule has 0 aromatic carbocycles. The van der Waals surface area contributed by atoms with E-state index in [1.165, 1.54) is 0 Å². The average Bonchev–Trinajstić information content (AvgIpc) is 2.25. The zero-order valence-electron chi connectivity index (χ0n) is 11.2. The summed E-state index contributed by atoms with van der Waals surface area (Å²) < 4.78 is 0. The van der Waals surface area contributed by atoms with Crippen LogP contribution in [0.3, 0.4) is 0 Å². The Bertz CT molecular complexity index is 188. The molecule has 0 aliphatic rings. The first-order valence-electron chi connectivity index (χ1n) is 6.03. The topological polar surface area (TPSA) is 12.4 Å². The molecule has 0 fully saturated rings. The van der Waals surface area contributed by atoms with Crippen LogP contribution in [-0.4, -0.2) is 6.21 Å². The van der Waals surface area contributed by atoms with Crippen LogP contribution in [0.25, 0.3) is 0 Å². The number of rotatable bonds is 5. The number of nitrogens with zero attached hydrogens (tertiary/aromatic N) is 1. The molecule has 88 valence electrons. The smallest absolute Gasteiger partial charge is 0.0226 e. The molecule has 0 N–H and O–H groups in total. The second kappa shape index (κ2) is 13.2. The molecule has 0 saturated heterocycles. The molecule has 0 aromatic heterocycles. The molecule has 1 nitrogen and oxygen atoms in total. The molecule has 0 aromatic rings. The number of allylic oxidation sites excluding steroid dienone is 3. The highest BCUT2D eigenvalue weighted by molar-refractivity contribution is 5.63. The van der Waals surface area contributed by atoms with Crippen molar-refractivity contribution in [3.05, 3.63) is 24.4 Å². The van der Waals surface area contributed by atoms with E-state index in [0.717, 1.165) is 6.42 Å². The molecule has 0 aliphatic carbocycles. The molecule has 0 amide bonds. The summed E-state index contributed by atoms with van der Waals surface area (Å²) in [5, 5.41) is 0. The van der Waals surface area contributed by atoms with Crippen molar-refractivity contribution in [1.29, 1.82) is 0 Å². The molecule has 0 saturated carbocycles. The van der Waals surface area contributed by atoms with Crippen molar-refractivity contribution in [3.8, 4) is 0 Å². The Kier molecular flexibility index (Phi) is 14.5. The predicted octanol–water partition coefficient (Wildman–Crippen LogP) is 4.86. The van der Waals surface area contributed by atoms with E-state index in [2.05, 4.69) is 44.0 Å². The maximum absolute atomic E-state index is 4.24. The standard InChI is InChI=1S/C12H21N.C2H6/c1-5-7-12(6-2)10-13-9-8-11(3)4;1-2/h5,7-12H,6H2,1-4H3;1-2H3/b7-5-,9-8-,13-10?;. The largest absolute Gasteiger partial charge is 0.269 e. The van der Waals surface area contributed by atoms with Gasteiger partial charge in [-0.25, -0.2) is 0 Å². The Morgan fingerprint density at radius 1 is 1.13 bits per heavy atom. The van der Waals surface area contributed by atoms with Gasteiger partial charge in [0.1, 0.15) is 0 Å². The summed E-state index contributed by atoms with van der Waals surface area (Å²) in [4.78, 5) is 4.24. The van der Waals surface area contributed by atoms with E-state index in [-0.39, 0.29) is 0 Å². The highest BCUT2D eigenvalue weighted by Gasteiger charge is 1.93. The number of hydrogen-bond acceptors (Lipinski definition) is 1. The van der Waals surface area contributed by atoms with E-state index in [1.807, 2.05) is 33.2 Å². The minimum absolute atomic E-state index is 0.488. The van der Waals surface area contributed by atoms with Crippen LogP contribution in [-0.2, 0) is 0 Å². The van der Waals surface area contributed by atoms with Crippen molar-refractivity contribution < 1.29 is 0 Å². The van der Waals surface area contributed by atoms with Crippen LogP contribution in [0.2, 0.25) is 0 Å². The molecule has 15 heavy (non-hydrogen) atoms. The fourth-order valence-electron chi connectivity index (χ4n) is 0.920. The lowest BCUT2D eigenvalue weighted by Crippen LogP contribution is -1.94. The van der Waals surface area contributed by atoms with Crippen molar-refractivity contribution in [1.82, 2.24) is 0 Å². The lowest BCUT2D eigenvalue weighted by Gasteiger charge is -1.99. The van der Waals surface area contributed by atoms with Crippen LogP contribution in [0.15, 0.2) is 29.4 Å². The molecule has 1 atom stereocenters. The molecule has 0 rings (SSSR count). The fraction of sp³-hybridized carbons (Fsp3) is 0.643. The maximum atomic E-state index is 4.24. The molecule has 0 radical (unpaired) electrons. The highest BCUT2D eigenvalue weighted by Crippen LogP contribution is 2.01. The van der Waals surface area contributed by atoms with Gasteiger partial charge in [0.05, 0.1) is 0 Å². The van der Waals surface area contributed by atoms with Gasteiger partial charge >= 0.3 is 0 Å². The quantitative estimate of drug-likeness (QED) is 0.453. The third-order valence-corrected chi connectivity index (χ3v) is 1.75. The summed E-state index contributed by atoms with van der Waals surface area (Å²) in [7, 11) is 0. The average molecular weight is 209 g/mol. The Hall–Kier alpha value is -0.850. The van der Waals surface area contributed by atoms with Crippen molar-refractivity contribution in [2.75, 3.05) is 0 Å². The van der Waals surface area contributed by atoms with Crippen LogP contribution in [0.4, 0.5) is 0 Å². The monoisotopic (exact) mass is 209 g/mol. The van der Waals surface area contributed by atoms with Crippen LogP contribution < -0.4 is 0 Å². The van der Waals surface area contributed by atoms with Crippen molar-refractivity contribution in [2.45, 2.75) is 48.0 Å². The van der Waals surface area contributed by atoms with Gasteiger partial charge in [0.25, 0.3) is 0 Å². The van der Waals surface area contributed by atoms with Crippen LogP contribution in [0.5, 0.6) is 0 Å². The molecule has 1 heteroatoms. The summed E-state index contributed by atoms with van der Waals surface area (Å²) in [5.74, 6) is 1.07. The van der Waals surface area contributed by atoms with Crippen molar-refractivity contribution in [2.24, 2.45) is 16.8 Å². The second-order valence-electron chi connectivity index (χ2n) is 3.48. The summed E-state index contributed by atoms with van der Waals surface area (Å²) in [6.45, 7) is 12.5. The van der Waals surface area contributed by atoms with Gasteiger partial charge < -0.3 is 0 Å². The number of hydrogen-bond donors (Lipinski definition) is 0. The Balaban J connectivity index is 0. The molecule has 0 heterocycles. The first-order valence-corrected chi connectivity index (χ1v) is 6.03. The van der Waals surface area contributed by atoms with Gasteiger partial charge in [-0.2, -0.15) is 0 Å². The van der Waals surface area contributed by atoms with Crippen molar-refractivity contribution in [3.63, 3.8) is 0 Å². The van der Waals surface area contributed by atoms with Gasteiger partial charge in [-0.15, -0.1) is 0 Å². The summed E-state index contributed by atoms with van der Waals surface area (Å²) >= 11 is 0. The van der Waals surface area contributed by atoms with E-state index in [9.17, 15) is 0 Å². The predicted molar refractivity (Wildman–Crippen MR) is 72.4 cm³/mol. The molecule has 1 unspecified atom stereocenters. The Morgan fingerprint density at radius 3 is 2.13 bits per heavy atom. The lowest BCUT2D eigenvalue weighted by atomic mass is 10.1. The fourth-order valence-corrected chi connectivity index (χ4v) is 0.920. The molecular formula is C14H27N. The van der Waals surface area contributed by atoms with Gasteiger partial charge in [-0.05, 0) is 19.3 Å². The Labute approximate surface area is 96.0 Å². The minimum atomic E-state index is 0.488. The van der Waals surface area contributed by atoms with E-state index < -0.39 is 0 Å². The normalized spacial score (nSPS) is 13.8. The first kappa shape index (κ1) is 16.6. The number of aliphatic imine (C=N–C) groups is 1. The first-order chi connectivity index (χ1) is 7.20. The van der Waals surface area contributed by atoms with Gasteiger partial charge in [0, 0.05) is 18.3 Å². The molecular weight excluding hydrogens is 182 g/mol. The van der Waals surface area contributed by atoms with E-state index >= 15 is 0 Å². The SMILES string of the molecule is C/C=C\C(C=N/C=C\C(C)C)CC.CC. The summed E-state index contributed by atoms with van der Waals surface area (Å²) in [5.41, 5.74) is 0. The Morgan fingerprint density at radius 2 is 1.73 bits per heavy atom. The van der Waals surface area contributed by atoms with E-state index in [0.29, 0.717) is 11.8 Å². The second-order valence-corrected chi connectivity index (χ2v) is 3.48. The molecule has 0 aliphatic heterocycles. The van der Waals surface area contributed by atoms with Crippen LogP contribution in [0, 0.1) is 11.8 Å². The van der Waals surface area contributed by atoms with Gasteiger partial charge in [0.15, 0.2) is 0 Å².